The summed E-state index contributed by atoms with van der Waals surface area (Å²) in [4.78, 5) is 11.3. The summed E-state index contributed by atoms with van der Waals surface area (Å²) in [6, 6.07) is 10.7. The normalized spacial score (nSPS) is 11.0. The lowest BCUT2D eigenvalue weighted by Crippen LogP contribution is -2.00. The first-order valence-electron chi connectivity index (χ1n) is 7.74. The van der Waals surface area contributed by atoms with Gasteiger partial charge in [0.2, 0.25) is 0 Å². The fourth-order valence-corrected chi connectivity index (χ4v) is 2.65. The smallest absolute Gasteiger partial charge is 0.336 e. The molecule has 126 valence electrons. The molecule has 0 fully saturated rings. The van der Waals surface area contributed by atoms with E-state index < -0.39 is 5.97 Å². The molecule has 4 nitrogen and oxygen atoms in total. The average molecular weight is 326 g/mol. The summed E-state index contributed by atoms with van der Waals surface area (Å²) in [6.45, 7) is 4.16. The van der Waals surface area contributed by atoms with E-state index in [1.807, 2.05) is 24.3 Å². The van der Waals surface area contributed by atoms with E-state index in [-0.39, 0.29) is 11.5 Å². The standard InChI is InChI=1S/C20H22O4/c1-13(2)19-17(23-3)11-14(12-18(19)24-4)9-10-15-7-5-6-8-16(15)20(21)22/h5-13H,1-4H3,(H,21,22)/b10-9+. The summed E-state index contributed by atoms with van der Waals surface area (Å²) >= 11 is 0. The molecule has 0 aliphatic carbocycles. The molecule has 0 aromatic heterocycles. The van der Waals surface area contributed by atoms with E-state index in [0.717, 1.165) is 22.6 Å². The highest BCUT2D eigenvalue weighted by Crippen LogP contribution is 2.36. The van der Waals surface area contributed by atoms with Crippen molar-refractivity contribution in [2.45, 2.75) is 19.8 Å². The lowest BCUT2D eigenvalue weighted by molar-refractivity contribution is 0.0696. The highest BCUT2D eigenvalue weighted by Gasteiger charge is 2.15. The first-order valence-corrected chi connectivity index (χ1v) is 7.74. The molecule has 0 saturated carbocycles. The van der Waals surface area contributed by atoms with Crippen LogP contribution in [0.1, 0.15) is 46.8 Å². The van der Waals surface area contributed by atoms with Crippen LogP contribution in [0.2, 0.25) is 0 Å². The first kappa shape index (κ1) is 17.6. The van der Waals surface area contributed by atoms with Crippen LogP contribution in [0, 0.1) is 0 Å². The summed E-state index contributed by atoms with van der Waals surface area (Å²) in [5.74, 6) is 0.840. The maximum Gasteiger partial charge on any atom is 0.336 e. The van der Waals surface area contributed by atoms with Gasteiger partial charge in [0, 0.05) is 5.56 Å². The van der Waals surface area contributed by atoms with Gasteiger partial charge in [0.05, 0.1) is 19.8 Å². The minimum atomic E-state index is -0.944. The van der Waals surface area contributed by atoms with Crippen molar-refractivity contribution in [3.05, 3.63) is 58.7 Å². The Morgan fingerprint density at radius 3 is 2.12 bits per heavy atom. The molecular weight excluding hydrogens is 304 g/mol. The van der Waals surface area contributed by atoms with Crippen molar-refractivity contribution in [2.24, 2.45) is 0 Å². The molecule has 0 aliphatic heterocycles. The summed E-state index contributed by atoms with van der Waals surface area (Å²) < 4.78 is 11.0. The number of benzene rings is 2. The Hall–Kier alpha value is -2.75. The van der Waals surface area contributed by atoms with Crippen LogP contribution in [0.5, 0.6) is 11.5 Å². The number of carboxylic acid groups (broad SMARTS) is 1. The third-order valence-electron chi connectivity index (χ3n) is 3.79. The van der Waals surface area contributed by atoms with Gasteiger partial charge in [-0.1, -0.05) is 44.2 Å². The Bertz CT molecular complexity index is 735. The fourth-order valence-electron chi connectivity index (χ4n) is 2.65. The molecule has 1 N–H and O–H groups in total. The summed E-state index contributed by atoms with van der Waals surface area (Å²) in [5.41, 5.74) is 2.82. The van der Waals surface area contributed by atoms with E-state index in [0.29, 0.717) is 5.56 Å². The van der Waals surface area contributed by atoms with Gasteiger partial charge in [0.25, 0.3) is 0 Å². The van der Waals surface area contributed by atoms with E-state index in [9.17, 15) is 9.90 Å². The van der Waals surface area contributed by atoms with Crippen LogP contribution < -0.4 is 9.47 Å². The summed E-state index contributed by atoms with van der Waals surface area (Å²) in [6.07, 6.45) is 3.64. The highest BCUT2D eigenvalue weighted by atomic mass is 16.5. The maximum absolute atomic E-state index is 11.3. The van der Waals surface area contributed by atoms with Gasteiger partial charge in [-0.05, 0) is 35.2 Å². The number of aromatic carboxylic acids is 1. The van der Waals surface area contributed by atoms with Crippen LogP contribution in [0.15, 0.2) is 36.4 Å². The van der Waals surface area contributed by atoms with Gasteiger partial charge in [-0.15, -0.1) is 0 Å². The fraction of sp³-hybridized carbons (Fsp3) is 0.250. The van der Waals surface area contributed by atoms with Crippen molar-refractivity contribution >= 4 is 18.1 Å². The molecule has 0 unspecified atom stereocenters. The Morgan fingerprint density at radius 1 is 1.04 bits per heavy atom. The number of hydrogen-bond acceptors (Lipinski definition) is 3. The van der Waals surface area contributed by atoms with Gasteiger partial charge in [0.15, 0.2) is 0 Å². The van der Waals surface area contributed by atoms with Crippen molar-refractivity contribution < 1.29 is 19.4 Å². The van der Waals surface area contributed by atoms with Crippen molar-refractivity contribution in [3.8, 4) is 11.5 Å². The van der Waals surface area contributed by atoms with Crippen molar-refractivity contribution in [1.29, 1.82) is 0 Å². The molecule has 2 aromatic rings. The topological polar surface area (TPSA) is 55.8 Å². The monoisotopic (exact) mass is 326 g/mol. The molecule has 0 amide bonds. The molecule has 0 spiro atoms. The number of methoxy groups -OCH3 is 2. The number of ether oxygens (including phenoxy) is 2. The van der Waals surface area contributed by atoms with E-state index in [1.54, 1.807) is 38.5 Å². The summed E-state index contributed by atoms with van der Waals surface area (Å²) in [7, 11) is 3.27. The Labute approximate surface area is 142 Å². The largest absolute Gasteiger partial charge is 0.496 e. The minimum Gasteiger partial charge on any atom is -0.496 e. The average Bonchev–Trinajstić information content (AvgIpc) is 2.58. The predicted molar refractivity (Wildman–Crippen MR) is 96.0 cm³/mol. The molecular formula is C20H22O4. The second-order valence-electron chi connectivity index (χ2n) is 5.72. The quantitative estimate of drug-likeness (QED) is 0.782. The van der Waals surface area contributed by atoms with Gasteiger partial charge in [-0.25, -0.2) is 4.79 Å². The lowest BCUT2D eigenvalue weighted by Gasteiger charge is -2.17. The Kier molecular flexibility index (Phi) is 5.64. The molecule has 24 heavy (non-hydrogen) atoms. The zero-order valence-electron chi connectivity index (χ0n) is 14.4. The number of hydrogen-bond donors (Lipinski definition) is 1. The van der Waals surface area contributed by atoms with Crippen molar-refractivity contribution in [1.82, 2.24) is 0 Å². The van der Waals surface area contributed by atoms with Crippen LogP contribution in [-0.4, -0.2) is 25.3 Å². The van der Waals surface area contributed by atoms with Gasteiger partial charge in [-0.2, -0.15) is 0 Å². The second kappa shape index (κ2) is 7.68. The first-order chi connectivity index (χ1) is 11.5. The number of carbonyl (C=O) groups is 1. The number of rotatable bonds is 6. The molecule has 0 saturated heterocycles. The van der Waals surface area contributed by atoms with Crippen molar-refractivity contribution in [3.63, 3.8) is 0 Å². The Balaban J connectivity index is 2.45. The van der Waals surface area contributed by atoms with Crippen LogP contribution >= 0.6 is 0 Å². The summed E-state index contributed by atoms with van der Waals surface area (Å²) in [5, 5.41) is 9.25. The molecule has 0 heterocycles. The molecule has 0 radical (unpaired) electrons. The minimum absolute atomic E-state index is 0.265. The van der Waals surface area contributed by atoms with Gasteiger partial charge >= 0.3 is 5.97 Å². The van der Waals surface area contributed by atoms with E-state index >= 15 is 0 Å². The lowest BCUT2D eigenvalue weighted by atomic mass is 9.98. The Morgan fingerprint density at radius 2 is 1.62 bits per heavy atom. The van der Waals surface area contributed by atoms with Gasteiger partial charge in [0.1, 0.15) is 11.5 Å². The second-order valence-corrected chi connectivity index (χ2v) is 5.72. The van der Waals surface area contributed by atoms with Gasteiger partial charge in [-0.3, -0.25) is 0 Å². The van der Waals surface area contributed by atoms with E-state index in [2.05, 4.69) is 13.8 Å². The van der Waals surface area contributed by atoms with Crippen LogP contribution in [-0.2, 0) is 0 Å². The molecule has 0 bridgehead atoms. The van der Waals surface area contributed by atoms with Gasteiger partial charge < -0.3 is 14.6 Å². The third-order valence-corrected chi connectivity index (χ3v) is 3.79. The van der Waals surface area contributed by atoms with E-state index in [1.165, 1.54) is 0 Å². The molecule has 2 aromatic carbocycles. The van der Waals surface area contributed by atoms with Crippen LogP contribution in [0.3, 0.4) is 0 Å². The van der Waals surface area contributed by atoms with Crippen LogP contribution in [0.25, 0.3) is 12.2 Å². The molecule has 0 aliphatic rings. The predicted octanol–water partition coefficient (Wildman–Crippen LogP) is 4.70. The molecule has 0 atom stereocenters. The van der Waals surface area contributed by atoms with Crippen molar-refractivity contribution in [2.75, 3.05) is 14.2 Å². The van der Waals surface area contributed by atoms with E-state index in [4.69, 9.17) is 9.47 Å². The SMILES string of the molecule is COc1cc(/C=C/c2ccccc2C(=O)O)cc(OC)c1C(C)C. The third kappa shape index (κ3) is 3.77. The zero-order chi connectivity index (χ0) is 17.7. The maximum atomic E-state index is 11.3. The highest BCUT2D eigenvalue weighted by molar-refractivity contribution is 5.93. The molecule has 2 rings (SSSR count). The molecule has 4 heteroatoms. The van der Waals surface area contributed by atoms with Crippen LogP contribution in [0.4, 0.5) is 0 Å². The zero-order valence-corrected chi connectivity index (χ0v) is 14.4. The number of carboxylic acids is 1.